The molecule has 5 heteroatoms. The predicted octanol–water partition coefficient (Wildman–Crippen LogP) is 6.85. The van der Waals surface area contributed by atoms with E-state index in [-0.39, 0.29) is 11.3 Å². The van der Waals surface area contributed by atoms with Gasteiger partial charge in [-0.1, -0.05) is 55.7 Å². The van der Waals surface area contributed by atoms with E-state index in [0.29, 0.717) is 18.2 Å². The number of fused-ring (bicyclic) bond motifs is 3. The average Bonchev–Trinajstić information content (AvgIpc) is 3.32. The van der Waals surface area contributed by atoms with Crippen LogP contribution in [-0.2, 0) is 11.3 Å². The van der Waals surface area contributed by atoms with Gasteiger partial charge in [0, 0.05) is 33.8 Å². The van der Waals surface area contributed by atoms with Gasteiger partial charge in [-0.05, 0) is 80.1 Å². The summed E-state index contributed by atoms with van der Waals surface area (Å²) in [6.07, 6.45) is 18.7. The van der Waals surface area contributed by atoms with Gasteiger partial charge in [0.15, 0.2) is 5.78 Å². The molecule has 5 rings (SSSR count). The minimum absolute atomic E-state index is 0.156. The van der Waals surface area contributed by atoms with Crippen molar-refractivity contribution in [2.24, 2.45) is 35.0 Å². The lowest BCUT2D eigenvalue weighted by Gasteiger charge is -2.43. The van der Waals surface area contributed by atoms with Gasteiger partial charge in [-0.3, -0.25) is 14.5 Å². The second-order valence-corrected chi connectivity index (χ2v) is 13.0. The lowest BCUT2D eigenvalue weighted by atomic mass is 9.64. The number of ketones is 1. The molecule has 4 nitrogen and oxygen atoms in total. The molecule has 0 bridgehead atoms. The summed E-state index contributed by atoms with van der Waals surface area (Å²) < 4.78 is 2.61. The molecule has 2 aromatic rings. The molecule has 0 saturated heterocycles. The van der Waals surface area contributed by atoms with Crippen LogP contribution in [0, 0.1) is 35.0 Å². The molecule has 3 aliphatic rings. The van der Waals surface area contributed by atoms with Gasteiger partial charge in [0.2, 0.25) is 0 Å². The van der Waals surface area contributed by atoms with Crippen molar-refractivity contribution in [1.82, 2.24) is 14.8 Å². The van der Waals surface area contributed by atoms with Crippen molar-refractivity contribution >= 4 is 39.3 Å². The van der Waals surface area contributed by atoms with E-state index in [4.69, 9.17) is 0 Å². The van der Waals surface area contributed by atoms with Gasteiger partial charge >= 0.3 is 0 Å². The Kier molecular flexibility index (Phi) is 6.65. The topological polar surface area (TPSA) is 47.8 Å². The number of carbonyl (C=O) groups is 1. The van der Waals surface area contributed by atoms with Crippen molar-refractivity contribution in [2.75, 3.05) is 0 Å². The highest BCUT2D eigenvalue weighted by atomic mass is 127. The van der Waals surface area contributed by atoms with E-state index in [1.54, 1.807) is 6.20 Å². The second-order valence-electron chi connectivity index (χ2n) is 11.4. The first-order chi connectivity index (χ1) is 15.4. The van der Waals surface area contributed by atoms with Gasteiger partial charge in [-0.15, -0.1) is 0 Å². The van der Waals surface area contributed by atoms with Crippen LogP contribution in [0.1, 0.15) is 78.1 Å². The summed E-state index contributed by atoms with van der Waals surface area (Å²) in [6, 6.07) is 1.92. The quantitative estimate of drug-likeness (QED) is 0.312. The van der Waals surface area contributed by atoms with Crippen LogP contribution in [0.3, 0.4) is 0 Å². The first-order valence-electron chi connectivity index (χ1n) is 12.9. The molecule has 0 amide bonds. The monoisotopic (exact) mass is 547 g/mol. The van der Waals surface area contributed by atoms with Crippen LogP contribution in [0.2, 0.25) is 0 Å². The molecule has 0 aliphatic heterocycles. The molecule has 0 radical (unpaired) electrons. The third kappa shape index (κ3) is 4.39. The van der Waals surface area contributed by atoms with Gasteiger partial charge < -0.3 is 0 Å². The minimum Gasteiger partial charge on any atom is -0.297 e. The van der Waals surface area contributed by atoms with Crippen molar-refractivity contribution in [3.63, 3.8) is 0 Å². The Balaban J connectivity index is 1.31. The highest BCUT2D eigenvalue weighted by Crippen LogP contribution is 2.55. The number of pyridine rings is 1. The molecule has 2 heterocycles. The molecular formula is C27H38IN3O. The molecule has 3 aliphatic carbocycles. The summed E-state index contributed by atoms with van der Waals surface area (Å²) in [7, 11) is 0. The first-order valence-corrected chi connectivity index (χ1v) is 14.1. The Morgan fingerprint density at radius 2 is 2.06 bits per heavy atom. The lowest BCUT2D eigenvalue weighted by Crippen LogP contribution is -2.38. The number of nitrogens with zero attached hydrogens (tertiary/aromatic N) is 3. The van der Waals surface area contributed by atoms with Crippen molar-refractivity contribution in [2.45, 2.75) is 88.5 Å². The fraction of sp³-hybridized carbons (Fsp3) is 0.741. The van der Waals surface area contributed by atoms with Crippen LogP contribution in [0.5, 0.6) is 0 Å². The summed E-state index contributed by atoms with van der Waals surface area (Å²) in [6.45, 7) is 5.32. The lowest BCUT2D eigenvalue weighted by molar-refractivity contribution is -0.127. The number of hydrogen-bond donors (Lipinski definition) is 0. The van der Waals surface area contributed by atoms with Gasteiger partial charge in [0.25, 0.3) is 0 Å². The SMILES string of the molecule is CC1CCC2C(I)CCC3(C)C(CCCC2C1)CCC3C(=O)Cn1cc2cnccc2n1. The maximum Gasteiger partial charge on any atom is 0.157 e. The fourth-order valence-electron chi connectivity index (χ4n) is 7.58. The molecule has 0 aromatic carbocycles. The largest absolute Gasteiger partial charge is 0.297 e. The standard InChI is InChI=1S/C27H38IN3O/c1-18-6-8-22-19(14-18)4-3-5-21-7-9-23(27(21,2)12-10-24(22)28)26(32)17-31-16-20-15-29-13-11-25(20)30-31/h11,13,15-16,18-19,21-24H,3-10,12,14,17H2,1-2H3. The van der Waals surface area contributed by atoms with E-state index in [2.05, 4.69) is 46.5 Å². The maximum absolute atomic E-state index is 13.6. The molecule has 7 unspecified atom stereocenters. The average molecular weight is 548 g/mol. The number of aromatic nitrogens is 3. The third-order valence-corrected chi connectivity index (χ3v) is 11.0. The zero-order chi connectivity index (χ0) is 22.3. The zero-order valence-electron chi connectivity index (χ0n) is 19.7. The van der Waals surface area contributed by atoms with Gasteiger partial charge in [-0.25, -0.2) is 0 Å². The van der Waals surface area contributed by atoms with E-state index in [1.165, 1.54) is 57.8 Å². The molecule has 3 fully saturated rings. The van der Waals surface area contributed by atoms with Crippen molar-refractivity contribution in [1.29, 1.82) is 0 Å². The first kappa shape index (κ1) is 22.8. The van der Waals surface area contributed by atoms with E-state index >= 15 is 0 Å². The Morgan fingerprint density at radius 1 is 1.19 bits per heavy atom. The van der Waals surface area contributed by atoms with Gasteiger partial charge in [0.05, 0.1) is 12.1 Å². The Labute approximate surface area is 206 Å². The molecule has 0 N–H and O–H groups in total. The number of rotatable bonds is 3. The summed E-state index contributed by atoms with van der Waals surface area (Å²) in [5, 5.41) is 5.64. The predicted molar refractivity (Wildman–Crippen MR) is 138 cm³/mol. The third-order valence-electron chi connectivity index (χ3n) is 9.45. The van der Waals surface area contributed by atoms with Crippen LogP contribution >= 0.6 is 22.6 Å². The molecule has 7 atom stereocenters. The van der Waals surface area contributed by atoms with Gasteiger partial charge in [0.1, 0.15) is 0 Å². The summed E-state index contributed by atoms with van der Waals surface area (Å²) in [4.78, 5) is 17.8. The normalized spacial score (nSPS) is 38.2. The highest BCUT2D eigenvalue weighted by Gasteiger charge is 2.49. The summed E-state index contributed by atoms with van der Waals surface area (Å²) in [5.74, 6) is 4.03. The Hall–Kier alpha value is -0.980. The number of carbonyl (C=O) groups excluding carboxylic acids is 1. The van der Waals surface area contributed by atoms with Crippen LogP contribution in [0.4, 0.5) is 0 Å². The zero-order valence-corrected chi connectivity index (χ0v) is 21.8. The Bertz CT molecular complexity index is 924. The van der Waals surface area contributed by atoms with Crippen LogP contribution in [0.25, 0.3) is 10.9 Å². The van der Waals surface area contributed by atoms with Crippen LogP contribution in [0.15, 0.2) is 24.7 Å². The summed E-state index contributed by atoms with van der Waals surface area (Å²) in [5.41, 5.74) is 1.08. The Morgan fingerprint density at radius 3 is 2.91 bits per heavy atom. The second kappa shape index (κ2) is 9.34. The number of Topliss-reactive ketones (excluding diaryl/α,β-unsaturated/α-hetero) is 1. The molecular weight excluding hydrogens is 509 g/mol. The minimum atomic E-state index is 0.156. The number of hydrogen-bond acceptors (Lipinski definition) is 3. The molecule has 2 aromatic heterocycles. The van der Waals surface area contributed by atoms with Crippen LogP contribution in [-0.4, -0.2) is 24.5 Å². The van der Waals surface area contributed by atoms with E-state index < -0.39 is 0 Å². The van der Waals surface area contributed by atoms with Gasteiger partial charge in [-0.2, -0.15) is 5.10 Å². The number of halogens is 1. The smallest absolute Gasteiger partial charge is 0.157 e. The van der Waals surface area contributed by atoms with Crippen LogP contribution < -0.4 is 0 Å². The van der Waals surface area contributed by atoms with E-state index in [0.717, 1.165) is 39.0 Å². The number of alkyl halides is 1. The molecule has 174 valence electrons. The molecule has 32 heavy (non-hydrogen) atoms. The molecule has 3 saturated carbocycles. The highest BCUT2D eigenvalue weighted by molar-refractivity contribution is 14.1. The van der Waals surface area contributed by atoms with E-state index in [1.807, 2.05) is 23.1 Å². The maximum atomic E-state index is 13.6. The fourth-order valence-corrected chi connectivity index (χ4v) is 8.84. The van der Waals surface area contributed by atoms with Crippen molar-refractivity contribution in [3.05, 3.63) is 24.7 Å². The van der Waals surface area contributed by atoms with Crippen molar-refractivity contribution in [3.8, 4) is 0 Å². The van der Waals surface area contributed by atoms with Crippen molar-refractivity contribution < 1.29 is 4.79 Å². The van der Waals surface area contributed by atoms with E-state index in [9.17, 15) is 4.79 Å². The molecule has 0 spiro atoms. The summed E-state index contributed by atoms with van der Waals surface area (Å²) >= 11 is 2.78.